The van der Waals surface area contributed by atoms with Gasteiger partial charge in [-0.2, -0.15) is 0 Å². The molecule has 11 nitrogen and oxygen atoms in total. The zero-order valence-corrected chi connectivity index (χ0v) is 19.2. The Bertz CT molecular complexity index is 1070. The highest BCUT2D eigenvalue weighted by atomic mass is 35.5. The highest BCUT2D eigenvalue weighted by Gasteiger charge is 2.44. The third-order valence-corrected chi connectivity index (χ3v) is 5.20. The van der Waals surface area contributed by atoms with Crippen LogP contribution in [-0.2, 0) is 9.47 Å². The average Bonchev–Trinajstić information content (AvgIpc) is 3.05. The summed E-state index contributed by atoms with van der Waals surface area (Å²) in [5.74, 6) is -0.239. The van der Waals surface area contributed by atoms with Crippen molar-refractivity contribution in [3.63, 3.8) is 0 Å². The summed E-state index contributed by atoms with van der Waals surface area (Å²) in [7, 11) is 0. The van der Waals surface area contributed by atoms with Gasteiger partial charge < -0.3 is 19.3 Å². The van der Waals surface area contributed by atoms with Crippen molar-refractivity contribution in [2.24, 2.45) is 0 Å². The molecule has 4 heterocycles. The number of halogens is 1. The van der Waals surface area contributed by atoms with Gasteiger partial charge in [-0.05, 0) is 32.9 Å². The minimum atomic E-state index is -1.13. The van der Waals surface area contributed by atoms with Gasteiger partial charge in [0.15, 0.2) is 5.69 Å². The van der Waals surface area contributed by atoms with Crippen molar-refractivity contribution >= 4 is 35.5 Å². The Morgan fingerprint density at radius 3 is 2.24 bits per heavy atom. The second-order valence-electron chi connectivity index (χ2n) is 8.49. The highest BCUT2D eigenvalue weighted by Crippen LogP contribution is 2.35. The maximum atomic E-state index is 13.0. The molecular weight excluding hydrogens is 452 g/mol. The fraction of sp³-hybridized carbons (Fsp3) is 0.429. The average molecular weight is 475 g/mol. The first-order valence-electron chi connectivity index (χ1n) is 10.3. The van der Waals surface area contributed by atoms with Crippen LogP contribution in [0, 0.1) is 0 Å². The Morgan fingerprint density at radius 2 is 1.64 bits per heavy atom. The molecule has 0 saturated carbocycles. The van der Waals surface area contributed by atoms with E-state index in [1.807, 2.05) is 0 Å². The zero-order valence-electron chi connectivity index (χ0n) is 18.4. The largest absolute Gasteiger partial charge is 0.444 e. The van der Waals surface area contributed by atoms with Crippen LogP contribution in [0.15, 0.2) is 30.7 Å². The lowest BCUT2D eigenvalue weighted by atomic mass is 10.2. The summed E-state index contributed by atoms with van der Waals surface area (Å²) in [5.41, 5.74) is -0.294. The number of hydrogen-bond donors (Lipinski definition) is 0. The lowest BCUT2D eigenvalue weighted by Gasteiger charge is -2.35. The van der Waals surface area contributed by atoms with Crippen molar-refractivity contribution in [3.05, 3.63) is 47.1 Å². The number of carbonyl (C=O) groups is 3. The van der Waals surface area contributed by atoms with Gasteiger partial charge in [0, 0.05) is 44.8 Å². The van der Waals surface area contributed by atoms with Crippen LogP contribution in [0.4, 0.5) is 15.4 Å². The zero-order chi connectivity index (χ0) is 23.8. The molecule has 0 N–H and O–H groups in total. The summed E-state index contributed by atoms with van der Waals surface area (Å²) in [6.07, 6.45) is 2.00. The topological polar surface area (TPSA) is 118 Å². The van der Waals surface area contributed by atoms with Crippen LogP contribution in [0.25, 0.3) is 0 Å². The molecule has 0 aromatic carbocycles. The molecule has 0 spiro atoms. The van der Waals surface area contributed by atoms with Gasteiger partial charge in [-0.15, -0.1) is 0 Å². The predicted octanol–water partition coefficient (Wildman–Crippen LogP) is 2.87. The summed E-state index contributed by atoms with van der Waals surface area (Å²) < 4.78 is 11.1. The number of rotatable bonds is 2. The third kappa shape index (κ3) is 4.82. The van der Waals surface area contributed by atoms with E-state index in [4.69, 9.17) is 21.1 Å². The molecule has 1 saturated heterocycles. The molecule has 33 heavy (non-hydrogen) atoms. The van der Waals surface area contributed by atoms with Crippen LogP contribution < -0.4 is 4.90 Å². The van der Waals surface area contributed by atoms with Gasteiger partial charge in [0.1, 0.15) is 17.1 Å². The van der Waals surface area contributed by atoms with E-state index in [9.17, 15) is 14.4 Å². The Morgan fingerprint density at radius 1 is 1.00 bits per heavy atom. The fourth-order valence-corrected chi connectivity index (χ4v) is 3.56. The fourth-order valence-electron chi connectivity index (χ4n) is 3.45. The minimum absolute atomic E-state index is 0.0850. The van der Waals surface area contributed by atoms with Gasteiger partial charge in [-0.1, -0.05) is 11.6 Å². The maximum absolute atomic E-state index is 13.0. The second kappa shape index (κ2) is 8.81. The van der Waals surface area contributed by atoms with Crippen molar-refractivity contribution in [2.75, 3.05) is 31.1 Å². The van der Waals surface area contributed by atoms with E-state index in [2.05, 4.69) is 15.0 Å². The number of nitrogens with zero attached hydrogens (tertiary/aromatic N) is 6. The molecule has 0 unspecified atom stereocenters. The van der Waals surface area contributed by atoms with Crippen molar-refractivity contribution < 1.29 is 23.9 Å². The molecule has 2 aliphatic rings. The summed E-state index contributed by atoms with van der Waals surface area (Å²) in [6.45, 7) is 6.49. The van der Waals surface area contributed by atoms with E-state index in [1.165, 1.54) is 28.4 Å². The van der Waals surface area contributed by atoms with Crippen LogP contribution in [0.1, 0.15) is 43.2 Å². The summed E-state index contributed by atoms with van der Waals surface area (Å²) >= 11 is 5.92. The van der Waals surface area contributed by atoms with Gasteiger partial charge in [0.25, 0.3) is 5.91 Å². The Kier molecular flexibility index (Phi) is 6.07. The van der Waals surface area contributed by atoms with E-state index in [0.717, 1.165) is 0 Å². The molecule has 12 heteroatoms. The number of anilines is 1. The molecule has 4 rings (SSSR count). The van der Waals surface area contributed by atoms with Crippen molar-refractivity contribution in [3.8, 4) is 0 Å². The Hall–Kier alpha value is -3.47. The third-order valence-electron chi connectivity index (χ3n) is 4.98. The number of fused-ring (bicyclic) bond motifs is 1. The lowest BCUT2D eigenvalue weighted by Crippen LogP contribution is -2.52. The molecule has 174 valence electrons. The highest BCUT2D eigenvalue weighted by molar-refractivity contribution is 6.30. The van der Waals surface area contributed by atoms with Crippen LogP contribution in [0.2, 0.25) is 5.02 Å². The normalized spacial score (nSPS) is 18.2. The van der Waals surface area contributed by atoms with Gasteiger partial charge in [-0.3, -0.25) is 9.78 Å². The molecular formula is C21H23ClN6O5. The molecule has 0 radical (unpaired) electrons. The molecule has 0 aliphatic carbocycles. The molecule has 2 aromatic rings. The summed E-state index contributed by atoms with van der Waals surface area (Å²) in [6, 6.07) is 3.13. The van der Waals surface area contributed by atoms with Gasteiger partial charge in [0.2, 0.25) is 6.23 Å². The van der Waals surface area contributed by atoms with Gasteiger partial charge in [-0.25, -0.2) is 24.5 Å². The number of carbonyl (C=O) groups excluding carboxylic acids is 3. The Labute approximate surface area is 195 Å². The minimum Gasteiger partial charge on any atom is -0.444 e. The molecule has 2 aromatic heterocycles. The lowest BCUT2D eigenvalue weighted by molar-refractivity contribution is 0.00907. The number of piperazine rings is 1. The standard InChI is InChI=1S/C21H23ClN6O5/c1-21(2,3)33-20(31)27-10-8-26(9-11-27)19(30)32-18-16-15(23-6-7-24-16)17(29)28(18)14-5-4-13(22)12-25-14/h4-7,12,18H,8-11H2,1-3H3/t18-/m1/s1. The van der Waals surface area contributed by atoms with Crippen LogP contribution in [0.5, 0.6) is 0 Å². The summed E-state index contributed by atoms with van der Waals surface area (Å²) in [5, 5.41) is 0.399. The molecule has 2 aliphatic heterocycles. The van der Waals surface area contributed by atoms with E-state index in [1.54, 1.807) is 37.8 Å². The van der Waals surface area contributed by atoms with Crippen molar-refractivity contribution in [2.45, 2.75) is 32.6 Å². The number of aromatic nitrogens is 3. The van der Waals surface area contributed by atoms with E-state index in [-0.39, 0.29) is 30.3 Å². The molecule has 1 fully saturated rings. The smallest absolute Gasteiger partial charge is 0.412 e. The Balaban J connectivity index is 1.47. The van der Waals surface area contributed by atoms with Crippen LogP contribution >= 0.6 is 11.6 Å². The van der Waals surface area contributed by atoms with Gasteiger partial charge in [0.05, 0.1) is 5.02 Å². The van der Waals surface area contributed by atoms with E-state index < -0.39 is 29.9 Å². The monoisotopic (exact) mass is 474 g/mol. The van der Waals surface area contributed by atoms with Gasteiger partial charge >= 0.3 is 12.2 Å². The van der Waals surface area contributed by atoms with E-state index >= 15 is 0 Å². The quantitative estimate of drug-likeness (QED) is 0.652. The maximum Gasteiger partial charge on any atom is 0.412 e. The number of ether oxygens (including phenoxy) is 2. The summed E-state index contributed by atoms with van der Waals surface area (Å²) in [4.78, 5) is 54.9. The number of hydrogen-bond acceptors (Lipinski definition) is 8. The first kappa shape index (κ1) is 22.7. The van der Waals surface area contributed by atoms with Crippen molar-refractivity contribution in [1.82, 2.24) is 24.8 Å². The first-order valence-corrected chi connectivity index (χ1v) is 10.7. The molecule has 1 atom stereocenters. The molecule has 0 bridgehead atoms. The van der Waals surface area contributed by atoms with Crippen LogP contribution in [0.3, 0.4) is 0 Å². The SMILES string of the molecule is CC(C)(C)OC(=O)N1CCN(C(=O)O[C@@H]2c3nccnc3C(=O)N2c2ccc(Cl)cn2)CC1. The molecule has 3 amide bonds. The predicted molar refractivity (Wildman–Crippen MR) is 117 cm³/mol. The van der Waals surface area contributed by atoms with Crippen LogP contribution in [-0.4, -0.2) is 74.6 Å². The van der Waals surface area contributed by atoms with E-state index in [0.29, 0.717) is 18.1 Å². The van der Waals surface area contributed by atoms with Crippen molar-refractivity contribution in [1.29, 1.82) is 0 Å². The number of amides is 3. The second-order valence-corrected chi connectivity index (χ2v) is 8.93. The number of pyridine rings is 1. The first-order chi connectivity index (χ1) is 15.6.